The highest BCUT2D eigenvalue weighted by molar-refractivity contribution is 5.49. The van der Waals surface area contributed by atoms with Crippen LogP contribution in [0.15, 0.2) is 18.2 Å². The molecule has 1 heterocycles. The first-order valence-electron chi connectivity index (χ1n) is 6.80. The first-order valence-corrected chi connectivity index (χ1v) is 6.80. The van der Waals surface area contributed by atoms with Gasteiger partial charge in [0.05, 0.1) is 0 Å². The molecular weight excluding hydrogens is 227 g/mol. The highest BCUT2D eigenvalue weighted by Crippen LogP contribution is 2.23. The second kappa shape index (κ2) is 5.27. The maximum atomic E-state index is 13.3. The first-order chi connectivity index (χ1) is 8.54. The summed E-state index contributed by atoms with van der Waals surface area (Å²) in [5, 5.41) is 3.62. The topological polar surface area (TPSA) is 15.3 Å². The molecule has 2 rings (SSSR count). The van der Waals surface area contributed by atoms with Crippen LogP contribution in [0.25, 0.3) is 0 Å². The largest absolute Gasteiger partial charge is 0.370 e. The van der Waals surface area contributed by atoms with E-state index in [0.29, 0.717) is 0 Å². The van der Waals surface area contributed by atoms with Gasteiger partial charge in [0, 0.05) is 24.3 Å². The van der Waals surface area contributed by atoms with Gasteiger partial charge in [-0.25, -0.2) is 4.39 Å². The lowest BCUT2D eigenvalue weighted by Gasteiger charge is -2.34. The van der Waals surface area contributed by atoms with Crippen molar-refractivity contribution in [2.24, 2.45) is 0 Å². The molecule has 0 saturated carbocycles. The summed E-state index contributed by atoms with van der Waals surface area (Å²) in [4.78, 5) is 2.37. The SMILES string of the molecule is CCC1(C)CN(c2ccc(F)c(C)c2)CCCN1. The fourth-order valence-corrected chi connectivity index (χ4v) is 2.50. The summed E-state index contributed by atoms with van der Waals surface area (Å²) in [6.45, 7) is 9.38. The van der Waals surface area contributed by atoms with E-state index in [1.165, 1.54) is 0 Å². The Bertz CT molecular complexity index is 419. The lowest BCUT2D eigenvalue weighted by atomic mass is 9.98. The van der Waals surface area contributed by atoms with E-state index in [1.807, 2.05) is 19.1 Å². The molecule has 0 aromatic heterocycles. The van der Waals surface area contributed by atoms with Crippen LogP contribution in [0.1, 0.15) is 32.3 Å². The van der Waals surface area contributed by atoms with Gasteiger partial charge in [-0.3, -0.25) is 0 Å². The van der Waals surface area contributed by atoms with Crippen LogP contribution in [-0.2, 0) is 0 Å². The van der Waals surface area contributed by atoms with Gasteiger partial charge in [0.1, 0.15) is 5.82 Å². The number of benzene rings is 1. The Kier molecular flexibility index (Phi) is 3.91. The third-order valence-corrected chi connectivity index (χ3v) is 3.98. The number of rotatable bonds is 2. The van der Waals surface area contributed by atoms with Crippen LogP contribution in [0.2, 0.25) is 0 Å². The lowest BCUT2D eigenvalue weighted by molar-refractivity contribution is 0.366. The smallest absolute Gasteiger partial charge is 0.126 e. The van der Waals surface area contributed by atoms with E-state index >= 15 is 0 Å². The van der Waals surface area contributed by atoms with E-state index in [0.717, 1.165) is 43.7 Å². The molecule has 0 amide bonds. The molecule has 1 saturated heterocycles. The third-order valence-electron chi connectivity index (χ3n) is 3.98. The maximum Gasteiger partial charge on any atom is 0.126 e. The summed E-state index contributed by atoms with van der Waals surface area (Å²) in [6, 6.07) is 5.42. The van der Waals surface area contributed by atoms with Gasteiger partial charge in [-0.05, 0) is 57.0 Å². The van der Waals surface area contributed by atoms with Gasteiger partial charge in [-0.1, -0.05) is 6.92 Å². The zero-order valence-corrected chi connectivity index (χ0v) is 11.6. The molecule has 1 fully saturated rings. The molecule has 100 valence electrons. The molecule has 3 heteroatoms. The number of anilines is 1. The highest BCUT2D eigenvalue weighted by atomic mass is 19.1. The van der Waals surface area contributed by atoms with E-state index in [1.54, 1.807) is 6.07 Å². The Morgan fingerprint density at radius 2 is 2.22 bits per heavy atom. The summed E-state index contributed by atoms with van der Waals surface area (Å²) >= 11 is 0. The standard InChI is InChI=1S/C15H23FN2/c1-4-15(3)11-18(9-5-8-17-15)13-6-7-14(16)12(2)10-13/h6-7,10,17H,4-5,8-9,11H2,1-3H3. The molecule has 1 aromatic rings. The highest BCUT2D eigenvalue weighted by Gasteiger charge is 2.27. The Balaban J connectivity index is 2.22. The normalized spacial score (nSPS) is 25.0. The van der Waals surface area contributed by atoms with Gasteiger partial charge >= 0.3 is 0 Å². The Labute approximate surface area is 109 Å². The van der Waals surface area contributed by atoms with E-state index in [9.17, 15) is 4.39 Å². The summed E-state index contributed by atoms with van der Waals surface area (Å²) in [7, 11) is 0. The molecule has 0 spiro atoms. The van der Waals surface area contributed by atoms with Gasteiger partial charge in [-0.15, -0.1) is 0 Å². The summed E-state index contributed by atoms with van der Waals surface area (Å²) in [5.74, 6) is -0.120. The van der Waals surface area contributed by atoms with E-state index in [2.05, 4.69) is 24.1 Å². The summed E-state index contributed by atoms with van der Waals surface area (Å²) < 4.78 is 13.3. The molecule has 18 heavy (non-hydrogen) atoms. The van der Waals surface area contributed by atoms with Gasteiger partial charge in [0.25, 0.3) is 0 Å². The van der Waals surface area contributed by atoms with Crippen molar-refractivity contribution >= 4 is 5.69 Å². The van der Waals surface area contributed by atoms with Crippen LogP contribution in [0.5, 0.6) is 0 Å². The predicted octanol–water partition coefficient (Wildman–Crippen LogP) is 3.10. The second-order valence-corrected chi connectivity index (χ2v) is 5.55. The molecule has 1 aliphatic heterocycles. The van der Waals surface area contributed by atoms with Crippen molar-refractivity contribution in [3.63, 3.8) is 0 Å². The van der Waals surface area contributed by atoms with Crippen molar-refractivity contribution in [1.82, 2.24) is 5.32 Å². The fraction of sp³-hybridized carbons (Fsp3) is 0.600. The summed E-state index contributed by atoms with van der Waals surface area (Å²) in [6.07, 6.45) is 2.23. The molecule has 0 bridgehead atoms. The van der Waals surface area contributed by atoms with Crippen molar-refractivity contribution in [2.75, 3.05) is 24.5 Å². The molecular formula is C15H23FN2. The van der Waals surface area contributed by atoms with Gasteiger partial charge < -0.3 is 10.2 Å². The van der Waals surface area contributed by atoms with Crippen LogP contribution in [0.3, 0.4) is 0 Å². The van der Waals surface area contributed by atoms with Crippen molar-refractivity contribution < 1.29 is 4.39 Å². The summed E-state index contributed by atoms with van der Waals surface area (Å²) in [5.41, 5.74) is 2.01. The quantitative estimate of drug-likeness (QED) is 0.867. The Morgan fingerprint density at radius 3 is 2.89 bits per heavy atom. The molecule has 2 nitrogen and oxygen atoms in total. The molecule has 1 aliphatic rings. The van der Waals surface area contributed by atoms with Crippen molar-refractivity contribution in [2.45, 2.75) is 39.2 Å². The number of hydrogen-bond donors (Lipinski definition) is 1. The van der Waals surface area contributed by atoms with Crippen molar-refractivity contribution in [3.8, 4) is 0 Å². The molecule has 0 aliphatic carbocycles. The van der Waals surface area contributed by atoms with Crippen molar-refractivity contribution in [3.05, 3.63) is 29.6 Å². The van der Waals surface area contributed by atoms with Crippen LogP contribution in [0.4, 0.5) is 10.1 Å². The number of halogens is 1. The maximum absolute atomic E-state index is 13.3. The van der Waals surface area contributed by atoms with Gasteiger partial charge in [0.2, 0.25) is 0 Å². The van der Waals surface area contributed by atoms with Gasteiger partial charge in [-0.2, -0.15) is 0 Å². The molecule has 0 radical (unpaired) electrons. The number of hydrogen-bond acceptors (Lipinski definition) is 2. The third kappa shape index (κ3) is 2.83. The second-order valence-electron chi connectivity index (χ2n) is 5.55. The average Bonchev–Trinajstić information content (AvgIpc) is 2.56. The minimum atomic E-state index is -0.120. The van der Waals surface area contributed by atoms with Crippen LogP contribution in [-0.4, -0.2) is 25.2 Å². The monoisotopic (exact) mass is 250 g/mol. The van der Waals surface area contributed by atoms with Crippen molar-refractivity contribution in [1.29, 1.82) is 0 Å². The first kappa shape index (κ1) is 13.3. The Hall–Kier alpha value is -1.09. The van der Waals surface area contributed by atoms with E-state index in [-0.39, 0.29) is 11.4 Å². The Morgan fingerprint density at radius 1 is 1.44 bits per heavy atom. The van der Waals surface area contributed by atoms with Crippen LogP contribution >= 0.6 is 0 Å². The molecule has 1 atom stereocenters. The number of aryl methyl sites for hydroxylation is 1. The van der Waals surface area contributed by atoms with E-state index in [4.69, 9.17) is 0 Å². The molecule has 1 N–H and O–H groups in total. The zero-order valence-electron chi connectivity index (χ0n) is 11.6. The van der Waals surface area contributed by atoms with Crippen LogP contribution in [0, 0.1) is 12.7 Å². The minimum Gasteiger partial charge on any atom is -0.370 e. The zero-order chi connectivity index (χ0) is 13.2. The minimum absolute atomic E-state index is 0.120. The van der Waals surface area contributed by atoms with E-state index < -0.39 is 0 Å². The molecule has 1 unspecified atom stereocenters. The number of nitrogens with zero attached hydrogens (tertiary/aromatic N) is 1. The average molecular weight is 250 g/mol. The van der Waals surface area contributed by atoms with Gasteiger partial charge in [0.15, 0.2) is 0 Å². The lowest BCUT2D eigenvalue weighted by Crippen LogP contribution is -2.48. The molecule has 1 aromatic carbocycles. The fourth-order valence-electron chi connectivity index (χ4n) is 2.50. The van der Waals surface area contributed by atoms with Crippen LogP contribution < -0.4 is 10.2 Å². The predicted molar refractivity (Wildman–Crippen MR) is 74.7 cm³/mol. The number of nitrogens with one attached hydrogen (secondary N) is 1.